The molecule has 1 unspecified atom stereocenters. The summed E-state index contributed by atoms with van der Waals surface area (Å²) in [5.74, 6) is 1.67. The molecule has 164 valence electrons. The Bertz CT molecular complexity index is 1010. The number of pyridine rings is 1. The second kappa shape index (κ2) is 8.94. The summed E-state index contributed by atoms with van der Waals surface area (Å²) in [6.45, 7) is 1.43. The molecule has 2 aliphatic rings. The first-order valence-corrected chi connectivity index (χ1v) is 10.2. The number of carbonyl (C=O) groups excluding carboxylic acids is 1. The van der Waals surface area contributed by atoms with Crippen molar-refractivity contribution in [3.63, 3.8) is 0 Å². The number of methoxy groups -OCH3 is 2. The highest BCUT2D eigenvalue weighted by Crippen LogP contribution is 2.36. The van der Waals surface area contributed by atoms with Gasteiger partial charge in [0, 0.05) is 37.2 Å². The molecule has 31 heavy (non-hydrogen) atoms. The number of rotatable bonds is 6. The average Bonchev–Trinajstić information content (AvgIpc) is 3.38. The zero-order valence-corrected chi connectivity index (χ0v) is 17.6. The minimum Gasteiger partial charge on any atom is -0.493 e. The Kier molecular flexibility index (Phi) is 6.09. The number of carbonyl (C=O) groups is 1. The normalized spacial score (nSPS) is 23.7. The largest absolute Gasteiger partial charge is 0.493 e. The molecule has 8 nitrogen and oxygen atoms in total. The van der Waals surface area contributed by atoms with Crippen LogP contribution in [0.15, 0.2) is 24.4 Å². The average molecular weight is 428 g/mol. The van der Waals surface area contributed by atoms with E-state index in [1.54, 1.807) is 26.5 Å². The topological polar surface area (TPSA) is 87.9 Å². The van der Waals surface area contributed by atoms with Crippen LogP contribution >= 0.6 is 0 Å². The molecule has 1 aromatic heterocycles. The maximum Gasteiger partial charge on any atom is 0.237 e. The lowest BCUT2D eigenvalue weighted by atomic mass is 10.1. The molecule has 0 N–H and O–H groups in total. The summed E-state index contributed by atoms with van der Waals surface area (Å²) in [7, 11) is 3.15. The van der Waals surface area contributed by atoms with Gasteiger partial charge in [0.05, 0.1) is 38.9 Å². The Labute approximate surface area is 180 Å². The lowest BCUT2D eigenvalue weighted by molar-refractivity contribution is -0.132. The predicted octanol–water partition coefficient (Wildman–Crippen LogP) is 2.17. The zero-order valence-electron chi connectivity index (χ0n) is 17.6. The monoisotopic (exact) mass is 428 g/mol. The van der Waals surface area contributed by atoms with Crippen molar-refractivity contribution in [1.82, 2.24) is 14.8 Å². The SMILES string of the molecule is COc1cc2nccc(O[C@H]3CCN(CC(=O)N4C[C@@H](F)CC4C#N)C3)c2cc1OC. The van der Waals surface area contributed by atoms with Crippen molar-refractivity contribution in [3.8, 4) is 23.3 Å². The number of hydrogen-bond donors (Lipinski definition) is 0. The highest BCUT2D eigenvalue weighted by atomic mass is 19.1. The summed E-state index contributed by atoms with van der Waals surface area (Å²) in [4.78, 5) is 20.3. The summed E-state index contributed by atoms with van der Waals surface area (Å²) in [5, 5.41) is 9.98. The van der Waals surface area contributed by atoms with E-state index in [4.69, 9.17) is 19.5 Å². The van der Waals surface area contributed by atoms with Crippen LogP contribution in [0.25, 0.3) is 10.9 Å². The molecule has 1 aromatic carbocycles. The minimum absolute atomic E-state index is 0.000864. The first kappa shape index (κ1) is 21.1. The summed E-state index contributed by atoms with van der Waals surface area (Å²) >= 11 is 0. The standard InChI is InChI=1S/C22H25FN4O4/c1-29-20-8-17-18(9-21(20)30-2)25-5-3-19(17)31-16-4-6-26(12-16)13-22(28)27-11-14(23)7-15(27)10-24/h3,5,8-9,14-16H,4,6-7,11-13H2,1-2H3/t14-,15?,16-/m0/s1. The van der Waals surface area contributed by atoms with Crippen molar-refractivity contribution in [2.45, 2.75) is 31.2 Å². The van der Waals surface area contributed by atoms with Crippen molar-refractivity contribution < 1.29 is 23.4 Å². The van der Waals surface area contributed by atoms with E-state index in [1.165, 1.54) is 4.90 Å². The second-order valence-electron chi connectivity index (χ2n) is 7.82. The Balaban J connectivity index is 1.42. The fraction of sp³-hybridized carbons (Fsp3) is 0.500. The van der Waals surface area contributed by atoms with E-state index in [-0.39, 0.29) is 31.5 Å². The Morgan fingerprint density at radius 2 is 2.03 bits per heavy atom. The van der Waals surface area contributed by atoms with Crippen LogP contribution in [-0.2, 0) is 4.79 Å². The number of nitrogens with zero attached hydrogens (tertiary/aromatic N) is 4. The van der Waals surface area contributed by atoms with Crippen LogP contribution in [0.4, 0.5) is 4.39 Å². The van der Waals surface area contributed by atoms with Gasteiger partial charge in [0.2, 0.25) is 5.91 Å². The molecule has 2 aromatic rings. The van der Waals surface area contributed by atoms with Crippen LogP contribution in [0.1, 0.15) is 12.8 Å². The first-order valence-electron chi connectivity index (χ1n) is 10.2. The highest BCUT2D eigenvalue weighted by molar-refractivity contribution is 5.88. The molecule has 1 amide bonds. The van der Waals surface area contributed by atoms with Gasteiger partial charge in [-0.2, -0.15) is 5.26 Å². The second-order valence-corrected chi connectivity index (χ2v) is 7.82. The number of ether oxygens (including phenoxy) is 3. The number of benzene rings is 1. The van der Waals surface area contributed by atoms with E-state index >= 15 is 0 Å². The molecular weight excluding hydrogens is 403 g/mol. The van der Waals surface area contributed by atoms with E-state index < -0.39 is 12.2 Å². The number of likely N-dealkylation sites (tertiary alicyclic amines) is 2. The van der Waals surface area contributed by atoms with Crippen molar-refractivity contribution in [3.05, 3.63) is 24.4 Å². The molecule has 9 heteroatoms. The molecule has 0 spiro atoms. The number of nitriles is 1. The number of halogens is 1. The quantitative estimate of drug-likeness (QED) is 0.697. The number of amides is 1. The van der Waals surface area contributed by atoms with E-state index in [9.17, 15) is 9.18 Å². The highest BCUT2D eigenvalue weighted by Gasteiger charge is 2.36. The van der Waals surface area contributed by atoms with Crippen molar-refractivity contribution in [1.29, 1.82) is 5.26 Å². The molecule has 2 aliphatic heterocycles. The number of hydrogen-bond acceptors (Lipinski definition) is 7. The van der Waals surface area contributed by atoms with Gasteiger partial charge >= 0.3 is 0 Å². The molecule has 2 saturated heterocycles. The van der Waals surface area contributed by atoms with E-state index in [0.717, 1.165) is 17.3 Å². The van der Waals surface area contributed by atoms with Gasteiger partial charge in [-0.15, -0.1) is 0 Å². The van der Waals surface area contributed by atoms with Crippen molar-refractivity contribution in [2.24, 2.45) is 0 Å². The Morgan fingerprint density at radius 3 is 2.77 bits per heavy atom. The Hall–Kier alpha value is -3.12. The molecule has 2 fully saturated rings. The van der Waals surface area contributed by atoms with E-state index in [2.05, 4.69) is 4.98 Å². The van der Waals surface area contributed by atoms with Gasteiger partial charge in [-0.05, 0) is 18.6 Å². The van der Waals surface area contributed by atoms with Gasteiger partial charge in [-0.3, -0.25) is 14.7 Å². The van der Waals surface area contributed by atoms with E-state index in [0.29, 0.717) is 30.3 Å². The number of aromatic nitrogens is 1. The number of alkyl halides is 1. The summed E-state index contributed by atoms with van der Waals surface area (Å²) < 4.78 is 30.6. The zero-order chi connectivity index (χ0) is 22.0. The maximum absolute atomic E-state index is 13.6. The van der Waals surface area contributed by atoms with Crippen LogP contribution in [-0.4, -0.2) is 79.4 Å². The third-order valence-corrected chi connectivity index (χ3v) is 5.81. The van der Waals surface area contributed by atoms with Gasteiger partial charge in [0.15, 0.2) is 11.5 Å². The molecule has 3 atom stereocenters. The lowest BCUT2D eigenvalue weighted by Crippen LogP contribution is -2.42. The molecular formula is C22H25FN4O4. The van der Waals surface area contributed by atoms with Crippen LogP contribution < -0.4 is 14.2 Å². The molecule has 0 bridgehead atoms. The minimum atomic E-state index is -1.13. The molecule has 4 rings (SSSR count). The van der Waals surface area contributed by atoms with Gasteiger partial charge in [-0.25, -0.2) is 4.39 Å². The van der Waals surface area contributed by atoms with E-state index in [1.807, 2.05) is 23.1 Å². The third kappa shape index (κ3) is 4.35. The van der Waals surface area contributed by atoms with Crippen LogP contribution in [0, 0.1) is 11.3 Å². The number of fused-ring (bicyclic) bond motifs is 1. The molecule has 3 heterocycles. The van der Waals surface area contributed by atoms with Crippen LogP contribution in [0.3, 0.4) is 0 Å². The summed E-state index contributed by atoms with van der Waals surface area (Å²) in [6.07, 6.45) is 1.32. The van der Waals surface area contributed by atoms with Crippen molar-refractivity contribution >= 4 is 16.8 Å². The van der Waals surface area contributed by atoms with Gasteiger partial charge in [0.1, 0.15) is 24.1 Å². The maximum atomic E-state index is 13.6. The molecule has 0 saturated carbocycles. The fourth-order valence-electron chi connectivity index (χ4n) is 4.23. The van der Waals surface area contributed by atoms with Gasteiger partial charge in [0.25, 0.3) is 0 Å². The molecule has 0 radical (unpaired) electrons. The lowest BCUT2D eigenvalue weighted by Gasteiger charge is -2.23. The fourth-order valence-corrected chi connectivity index (χ4v) is 4.23. The Morgan fingerprint density at radius 1 is 1.26 bits per heavy atom. The van der Waals surface area contributed by atoms with Crippen molar-refractivity contribution in [2.75, 3.05) is 40.4 Å². The van der Waals surface area contributed by atoms with Gasteiger partial charge < -0.3 is 19.1 Å². The third-order valence-electron chi connectivity index (χ3n) is 5.81. The summed E-state index contributed by atoms with van der Waals surface area (Å²) in [6, 6.07) is 6.81. The van der Waals surface area contributed by atoms with Crippen LogP contribution in [0.2, 0.25) is 0 Å². The smallest absolute Gasteiger partial charge is 0.237 e. The van der Waals surface area contributed by atoms with Gasteiger partial charge in [-0.1, -0.05) is 0 Å². The molecule has 0 aliphatic carbocycles. The predicted molar refractivity (Wildman–Crippen MR) is 111 cm³/mol. The van der Waals surface area contributed by atoms with Crippen LogP contribution in [0.5, 0.6) is 17.2 Å². The first-order chi connectivity index (χ1) is 15.0. The summed E-state index contributed by atoms with van der Waals surface area (Å²) in [5.41, 5.74) is 0.734.